The first-order valence-corrected chi connectivity index (χ1v) is 14.3. The third-order valence-corrected chi connectivity index (χ3v) is 7.26. The Morgan fingerprint density at radius 1 is 1.06 bits per heavy atom. The van der Waals surface area contributed by atoms with Gasteiger partial charge in [-0.2, -0.15) is 0 Å². The molecule has 0 saturated carbocycles. The fourth-order valence-corrected chi connectivity index (χ4v) is 5.31. The first kappa shape index (κ1) is 24.7. The number of piperazine rings is 1. The molecule has 1 heterocycles. The number of aliphatic hydroxyl groups excluding tert-OH is 1. The lowest BCUT2D eigenvalue weighted by atomic mass is 10.0. The van der Waals surface area contributed by atoms with E-state index in [0.717, 1.165) is 51.8 Å². The van der Waals surface area contributed by atoms with Crippen LogP contribution in [0.3, 0.4) is 0 Å². The van der Waals surface area contributed by atoms with Crippen molar-refractivity contribution in [3.8, 4) is 0 Å². The monoisotopic (exact) mass is 479 g/mol. The van der Waals surface area contributed by atoms with Crippen LogP contribution >= 0.6 is 0 Å². The molecule has 9 heteroatoms. The van der Waals surface area contributed by atoms with Gasteiger partial charge in [-0.25, -0.2) is 8.42 Å². The highest BCUT2D eigenvalue weighted by Gasteiger charge is 2.18. The molecular weight excluding hydrogens is 446 g/mol. The number of benzene rings is 2. The molecule has 1 aliphatic heterocycles. The van der Waals surface area contributed by atoms with Crippen LogP contribution in [0.25, 0.3) is 0 Å². The molecule has 7 nitrogen and oxygen atoms in total. The largest absolute Gasteiger partial charge is 0.388 e. The summed E-state index contributed by atoms with van der Waals surface area (Å²) in [4.78, 5) is 5.28. The molecule has 0 bridgehead atoms. The normalized spacial score (nSPS) is 17.2. The van der Waals surface area contributed by atoms with E-state index in [4.69, 9.17) is 0 Å². The van der Waals surface area contributed by atoms with Gasteiger partial charge in [-0.05, 0) is 55.6 Å². The second-order valence-corrected chi connectivity index (χ2v) is 11.4. The number of unbranched alkanes of at least 4 members (excludes halogenated alkanes) is 1. The molecule has 1 aliphatic rings. The van der Waals surface area contributed by atoms with Gasteiger partial charge in [-0.3, -0.25) is 13.8 Å². The van der Waals surface area contributed by atoms with Gasteiger partial charge in [0.2, 0.25) is 10.0 Å². The van der Waals surface area contributed by atoms with Crippen LogP contribution in [0.15, 0.2) is 53.4 Å². The Morgan fingerprint density at radius 3 is 2.38 bits per heavy atom. The van der Waals surface area contributed by atoms with E-state index in [9.17, 15) is 17.7 Å². The summed E-state index contributed by atoms with van der Waals surface area (Å²) in [5, 5.41) is 10.6. The summed E-state index contributed by atoms with van der Waals surface area (Å²) in [7, 11) is -4.84. The van der Waals surface area contributed by atoms with Crippen LogP contribution in [0.5, 0.6) is 0 Å². The Bertz CT molecular complexity index is 1010. The zero-order valence-electron chi connectivity index (χ0n) is 18.7. The molecule has 0 amide bonds. The van der Waals surface area contributed by atoms with E-state index >= 15 is 0 Å². The lowest BCUT2D eigenvalue weighted by Crippen LogP contribution is -2.46. The van der Waals surface area contributed by atoms with Crippen LogP contribution in [0.1, 0.15) is 30.9 Å². The maximum atomic E-state index is 11.9. The smallest absolute Gasteiger partial charge is 0.229 e. The van der Waals surface area contributed by atoms with Gasteiger partial charge < -0.3 is 10.0 Å². The molecule has 2 aromatic carbocycles. The summed E-state index contributed by atoms with van der Waals surface area (Å²) in [6, 6.07) is 15.4. The van der Waals surface area contributed by atoms with Crippen molar-refractivity contribution in [1.29, 1.82) is 0 Å². The van der Waals surface area contributed by atoms with Crippen LogP contribution in [0.4, 0.5) is 11.4 Å². The molecule has 0 aliphatic carbocycles. The van der Waals surface area contributed by atoms with E-state index in [1.165, 1.54) is 11.9 Å². The Labute approximate surface area is 193 Å². The lowest BCUT2D eigenvalue weighted by molar-refractivity contribution is 0.160. The summed E-state index contributed by atoms with van der Waals surface area (Å²) in [5.74, 6) is 0. The molecule has 1 saturated heterocycles. The number of hydrogen-bond acceptors (Lipinski definition) is 6. The van der Waals surface area contributed by atoms with E-state index in [-0.39, 0.29) is 5.69 Å². The van der Waals surface area contributed by atoms with Crippen molar-refractivity contribution in [3.63, 3.8) is 0 Å². The number of nitrogens with zero attached hydrogens (tertiary/aromatic N) is 2. The molecule has 2 aromatic rings. The number of sulfonamides is 1. The molecule has 1 fully saturated rings. The van der Waals surface area contributed by atoms with Crippen LogP contribution in [0.2, 0.25) is 0 Å². The van der Waals surface area contributed by atoms with Crippen LogP contribution < -0.4 is 9.62 Å². The second-order valence-electron chi connectivity index (χ2n) is 8.26. The van der Waals surface area contributed by atoms with Gasteiger partial charge in [-0.15, -0.1) is 0 Å². The van der Waals surface area contributed by atoms with Crippen molar-refractivity contribution < 1.29 is 17.7 Å². The van der Waals surface area contributed by atoms with E-state index in [1.807, 2.05) is 6.07 Å². The number of rotatable bonds is 10. The highest BCUT2D eigenvalue weighted by Crippen LogP contribution is 2.27. The number of anilines is 2. The quantitative estimate of drug-likeness (QED) is 0.510. The van der Waals surface area contributed by atoms with Crippen LogP contribution in [-0.2, 0) is 20.8 Å². The lowest BCUT2D eigenvalue weighted by Gasteiger charge is -2.36. The van der Waals surface area contributed by atoms with Crippen molar-refractivity contribution in [2.24, 2.45) is 0 Å². The van der Waals surface area contributed by atoms with Crippen molar-refractivity contribution in [2.45, 2.75) is 30.3 Å². The third kappa shape index (κ3) is 7.30. The third-order valence-electron chi connectivity index (χ3n) is 5.69. The molecule has 0 aromatic heterocycles. The van der Waals surface area contributed by atoms with Gasteiger partial charge in [0.1, 0.15) is 0 Å². The van der Waals surface area contributed by atoms with Crippen molar-refractivity contribution in [1.82, 2.24) is 4.90 Å². The van der Waals surface area contributed by atoms with E-state index in [1.54, 1.807) is 18.2 Å². The maximum Gasteiger partial charge on any atom is 0.229 e. The summed E-state index contributed by atoms with van der Waals surface area (Å²) in [6.45, 7) is 5.12. The molecular formula is C23H33N3O4S2. The van der Waals surface area contributed by atoms with Gasteiger partial charge in [0.15, 0.2) is 0 Å². The summed E-state index contributed by atoms with van der Waals surface area (Å²) in [6.07, 6.45) is 4.32. The van der Waals surface area contributed by atoms with Gasteiger partial charge in [0.05, 0.1) is 33.7 Å². The van der Waals surface area contributed by atoms with Crippen LogP contribution in [-0.4, -0.2) is 67.9 Å². The van der Waals surface area contributed by atoms with Gasteiger partial charge >= 0.3 is 0 Å². The second kappa shape index (κ2) is 11.3. The molecule has 176 valence electrons. The van der Waals surface area contributed by atoms with E-state index in [0.29, 0.717) is 16.9 Å². The molecule has 32 heavy (non-hydrogen) atoms. The van der Waals surface area contributed by atoms with Crippen molar-refractivity contribution in [2.75, 3.05) is 54.9 Å². The minimum Gasteiger partial charge on any atom is -0.388 e. The zero-order valence-corrected chi connectivity index (χ0v) is 20.4. The Kier molecular flexibility index (Phi) is 8.70. The molecule has 0 spiro atoms. The minimum atomic E-state index is -3.51. The number of para-hydroxylation sites is 1. The minimum absolute atomic E-state index is 0.265. The van der Waals surface area contributed by atoms with Gasteiger partial charge in [0.25, 0.3) is 0 Å². The summed E-state index contributed by atoms with van der Waals surface area (Å²) < 4.78 is 37.6. The highest BCUT2D eigenvalue weighted by atomic mass is 32.2. The maximum absolute atomic E-state index is 11.9. The first-order valence-electron chi connectivity index (χ1n) is 10.9. The molecule has 2 atom stereocenters. The summed E-state index contributed by atoms with van der Waals surface area (Å²) >= 11 is 0. The fourth-order valence-electron chi connectivity index (χ4n) is 3.99. The van der Waals surface area contributed by atoms with Gasteiger partial charge in [0, 0.05) is 38.1 Å². The molecule has 2 N–H and O–H groups in total. The highest BCUT2D eigenvalue weighted by molar-refractivity contribution is 7.92. The first-order chi connectivity index (χ1) is 15.2. The van der Waals surface area contributed by atoms with Crippen molar-refractivity contribution >= 4 is 32.2 Å². The van der Waals surface area contributed by atoms with E-state index < -0.39 is 26.9 Å². The number of nitrogens with one attached hydrogen (secondary N) is 1. The zero-order chi connectivity index (χ0) is 23.1. The van der Waals surface area contributed by atoms with Gasteiger partial charge in [-0.1, -0.05) is 24.3 Å². The Hall–Kier alpha value is -1.94. The topological polar surface area (TPSA) is 89.9 Å². The molecule has 3 rings (SSSR count). The Balaban J connectivity index is 1.45. The van der Waals surface area contributed by atoms with Crippen LogP contribution in [0, 0.1) is 0 Å². The average molecular weight is 480 g/mol. The Morgan fingerprint density at radius 2 is 1.75 bits per heavy atom. The predicted molar refractivity (Wildman–Crippen MR) is 131 cm³/mol. The standard InChI is InChI=1S/C23H33N3O4S2/c1-31(28)23-12-11-19(18-21(23)24-32(2,29)30)22(27)10-6-7-13-25-14-16-26(17-15-25)20-8-4-3-5-9-20/h3-5,8-9,11-12,18,22,24,27H,6-7,10,13-17H2,1-2H3. The number of hydrogen-bond donors (Lipinski definition) is 2. The average Bonchev–Trinajstić information content (AvgIpc) is 2.76. The predicted octanol–water partition coefficient (Wildman–Crippen LogP) is 2.82. The molecule has 0 radical (unpaired) electrons. The SMILES string of the molecule is CS(=O)c1ccc(C(O)CCCCN2CCN(c3ccccc3)CC2)cc1NS(C)(=O)=O. The van der Waals surface area contributed by atoms with Crippen molar-refractivity contribution in [3.05, 3.63) is 54.1 Å². The summed E-state index contributed by atoms with van der Waals surface area (Å²) in [5.41, 5.74) is 2.17. The van der Waals surface area contributed by atoms with E-state index in [2.05, 4.69) is 38.8 Å². The fraction of sp³-hybridized carbons (Fsp3) is 0.478. The molecule has 2 unspecified atom stereocenters. The number of aliphatic hydroxyl groups is 1.